The van der Waals surface area contributed by atoms with Crippen molar-refractivity contribution in [2.75, 3.05) is 14.2 Å². The van der Waals surface area contributed by atoms with Gasteiger partial charge in [-0.25, -0.2) is 16.8 Å². The summed E-state index contributed by atoms with van der Waals surface area (Å²) in [6.07, 6.45) is 0. The van der Waals surface area contributed by atoms with Crippen LogP contribution >= 0.6 is 0 Å². The fourth-order valence-corrected chi connectivity index (χ4v) is 4.96. The molecule has 0 bridgehead atoms. The van der Waals surface area contributed by atoms with Crippen LogP contribution in [0.4, 0.5) is 0 Å². The van der Waals surface area contributed by atoms with E-state index in [0.29, 0.717) is 0 Å². The van der Waals surface area contributed by atoms with Crippen molar-refractivity contribution in [2.24, 2.45) is 0 Å². The van der Waals surface area contributed by atoms with E-state index in [1.807, 2.05) is 0 Å². The SMILES string of the molecule is COc1cc(O)c(C(=O)c2ccccc2)cc1S(=O)(=O)[O-].COc1cc(O)c(C(=O)c2ccccc2)cc1S(=O)(=O)[O-].[Zn+2]. The molecule has 0 saturated carbocycles. The van der Waals surface area contributed by atoms with Crippen LogP contribution in [-0.4, -0.2) is 61.9 Å². The molecule has 0 aromatic heterocycles. The van der Waals surface area contributed by atoms with Gasteiger partial charge in [-0.05, 0) is 12.1 Å². The largest absolute Gasteiger partial charge is 2.00 e. The van der Waals surface area contributed by atoms with Crippen LogP contribution in [0.15, 0.2) is 94.7 Å². The van der Waals surface area contributed by atoms with Crippen molar-refractivity contribution in [1.29, 1.82) is 0 Å². The van der Waals surface area contributed by atoms with Crippen LogP contribution in [0.3, 0.4) is 0 Å². The van der Waals surface area contributed by atoms with Crippen molar-refractivity contribution < 1.29 is 74.7 Å². The molecule has 0 fully saturated rings. The number of rotatable bonds is 8. The van der Waals surface area contributed by atoms with Gasteiger partial charge in [-0.3, -0.25) is 9.59 Å². The van der Waals surface area contributed by atoms with E-state index in [1.165, 1.54) is 24.3 Å². The second-order valence-electron chi connectivity index (χ2n) is 8.34. The van der Waals surface area contributed by atoms with E-state index in [0.717, 1.165) is 38.5 Å². The van der Waals surface area contributed by atoms with Gasteiger partial charge >= 0.3 is 19.5 Å². The Morgan fingerprint density at radius 2 is 0.907 bits per heavy atom. The Bertz CT molecular complexity index is 1710. The Balaban J connectivity index is 0.000000293. The second kappa shape index (κ2) is 14.4. The van der Waals surface area contributed by atoms with Crippen molar-refractivity contribution in [3.63, 3.8) is 0 Å². The third-order valence-corrected chi connectivity index (χ3v) is 7.38. The number of phenols is 2. The third kappa shape index (κ3) is 8.46. The molecule has 0 heterocycles. The van der Waals surface area contributed by atoms with Crippen LogP contribution < -0.4 is 9.47 Å². The van der Waals surface area contributed by atoms with Gasteiger partial charge < -0.3 is 28.8 Å². The first-order valence-electron chi connectivity index (χ1n) is 11.6. The van der Waals surface area contributed by atoms with E-state index >= 15 is 0 Å². The number of ether oxygens (including phenoxy) is 2. The smallest absolute Gasteiger partial charge is 0.744 e. The molecule has 2 N–H and O–H groups in total. The monoisotopic (exact) mass is 678 g/mol. The molecule has 0 aliphatic carbocycles. The van der Waals surface area contributed by atoms with Crippen LogP contribution in [0.1, 0.15) is 31.8 Å². The maximum Gasteiger partial charge on any atom is 2.00 e. The number of carbonyl (C=O) groups is 2. The summed E-state index contributed by atoms with van der Waals surface area (Å²) in [4.78, 5) is 23.1. The molecule has 0 atom stereocenters. The van der Waals surface area contributed by atoms with E-state index in [-0.39, 0.29) is 53.2 Å². The van der Waals surface area contributed by atoms with Crippen molar-refractivity contribution in [1.82, 2.24) is 0 Å². The minimum absolute atomic E-state index is 0. The number of ketones is 2. The van der Waals surface area contributed by atoms with E-state index < -0.39 is 53.1 Å². The van der Waals surface area contributed by atoms with Gasteiger partial charge in [-0.15, -0.1) is 0 Å². The first-order chi connectivity index (χ1) is 19.7. The third-order valence-electron chi connectivity index (χ3n) is 5.66. The number of hydrogen-bond acceptors (Lipinski definition) is 12. The van der Waals surface area contributed by atoms with Crippen LogP contribution in [0.5, 0.6) is 23.0 Å². The van der Waals surface area contributed by atoms with Crippen molar-refractivity contribution >= 4 is 31.8 Å². The van der Waals surface area contributed by atoms with Crippen LogP contribution in [0.25, 0.3) is 0 Å². The van der Waals surface area contributed by atoms with Crippen LogP contribution in [-0.2, 0) is 39.7 Å². The maximum absolute atomic E-state index is 12.2. The topological polar surface area (TPSA) is 207 Å². The molecule has 0 aliphatic heterocycles. The molecule has 15 heteroatoms. The van der Waals surface area contributed by atoms with E-state index in [4.69, 9.17) is 9.47 Å². The summed E-state index contributed by atoms with van der Waals surface area (Å²) in [6.45, 7) is 0. The molecule has 220 valence electrons. The standard InChI is InChI=1S/2C14H12O6S.Zn/c2*1-20-12-8-11(15)10(7-13(12)21(17,18)19)14(16)9-5-3-2-4-6-9;/h2*2-8,15H,1H3,(H,17,18,19);/q;;+2/p-2. The zero-order chi connectivity index (χ0) is 31.2. The zero-order valence-corrected chi connectivity index (χ0v) is 27.2. The fraction of sp³-hybridized carbons (Fsp3) is 0.0714. The Hall–Kier alpha value is -4.14. The summed E-state index contributed by atoms with van der Waals surface area (Å²) in [6, 6.07) is 19.5. The predicted molar refractivity (Wildman–Crippen MR) is 145 cm³/mol. The van der Waals surface area contributed by atoms with Gasteiger partial charge in [0.1, 0.15) is 43.2 Å². The van der Waals surface area contributed by atoms with Gasteiger partial charge in [0.15, 0.2) is 11.6 Å². The number of phenolic OH excluding ortho intramolecular Hbond substituents is 2. The molecule has 43 heavy (non-hydrogen) atoms. The molecule has 4 aromatic rings. The van der Waals surface area contributed by atoms with Gasteiger partial charge in [-0.1, -0.05) is 60.7 Å². The average Bonchev–Trinajstić information content (AvgIpc) is 2.96. The van der Waals surface area contributed by atoms with Crippen LogP contribution in [0.2, 0.25) is 0 Å². The number of aromatic hydroxyl groups is 2. The first-order valence-corrected chi connectivity index (χ1v) is 14.4. The molecule has 0 saturated heterocycles. The molecule has 0 spiro atoms. The minimum atomic E-state index is -4.84. The molecule has 0 aliphatic rings. The molecule has 0 unspecified atom stereocenters. The molecular formula is C28H22O12S2Zn. The van der Waals surface area contributed by atoms with Gasteiger partial charge in [0.25, 0.3) is 0 Å². The second-order valence-corrected chi connectivity index (χ2v) is 11.0. The number of carbonyl (C=O) groups excluding carboxylic acids is 2. The normalized spacial score (nSPS) is 10.9. The number of benzene rings is 4. The quantitative estimate of drug-likeness (QED) is 0.156. The summed E-state index contributed by atoms with van der Waals surface area (Å²) in [5, 5.41) is 19.7. The Morgan fingerprint density at radius 3 is 1.16 bits per heavy atom. The Labute approximate surface area is 259 Å². The zero-order valence-electron chi connectivity index (χ0n) is 22.6. The van der Waals surface area contributed by atoms with Gasteiger partial charge in [0, 0.05) is 23.3 Å². The van der Waals surface area contributed by atoms with Crippen LogP contribution in [0, 0.1) is 0 Å². The summed E-state index contributed by atoms with van der Waals surface area (Å²) in [5.74, 6) is -2.75. The summed E-state index contributed by atoms with van der Waals surface area (Å²) in [7, 11) is -7.37. The molecule has 0 amide bonds. The van der Waals surface area contributed by atoms with Crippen molar-refractivity contribution in [3.8, 4) is 23.0 Å². The van der Waals surface area contributed by atoms with Gasteiger partial charge in [-0.2, -0.15) is 0 Å². The molecule has 0 radical (unpaired) electrons. The number of hydrogen-bond donors (Lipinski definition) is 2. The average molecular weight is 680 g/mol. The minimum Gasteiger partial charge on any atom is -0.744 e. The maximum atomic E-state index is 12.2. The van der Waals surface area contributed by atoms with Crippen molar-refractivity contribution in [2.45, 2.75) is 9.79 Å². The Morgan fingerprint density at radius 1 is 0.605 bits per heavy atom. The van der Waals surface area contributed by atoms with E-state index in [2.05, 4.69) is 0 Å². The summed E-state index contributed by atoms with van der Waals surface area (Å²) >= 11 is 0. The molecule has 12 nitrogen and oxygen atoms in total. The molecular weight excluding hydrogens is 658 g/mol. The fourth-order valence-electron chi connectivity index (χ4n) is 3.66. The van der Waals surface area contributed by atoms with Crippen molar-refractivity contribution in [3.05, 3.63) is 107 Å². The predicted octanol–water partition coefficient (Wildman–Crippen LogP) is 3.07. The first kappa shape index (κ1) is 35.1. The Kier molecular flexibility index (Phi) is 11.7. The summed E-state index contributed by atoms with van der Waals surface area (Å²) in [5.41, 5.74) is -0.0488. The molecule has 4 aromatic carbocycles. The van der Waals surface area contributed by atoms with E-state index in [9.17, 15) is 45.7 Å². The van der Waals surface area contributed by atoms with Gasteiger partial charge in [0.05, 0.1) is 35.1 Å². The van der Waals surface area contributed by atoms with E-state index in [1.54, 1.807) is 36.4 Å². The number of methoxy groups -OCH3 is 2. The summed E-state index contributed by atoms with van der Waals surface area (Å²) < 4.78 is 76.7. The van der Waals surface area contributed by atoms with Gasteiger partial charge in [0.2, 0.25) is 0 Å². The molecule has 4 rings (SSSR count).